The van der Waals surface area contributed by atoms with Crippen LogP contribution in [0.2, 0.25) is 0 Å². The molecule has 1 aromatic carbocycles. The Kier molecular flexibility index (Phi) is 7.45. The minimum atomic E-state index is -3.37. The van der Waals surface area contributed by atoms with Gasteiger partial charge in [-0.3, -0.25) is 9.69 Å². The molecular formula is C21H27N3O5S2. The fourth-order valence-corrected chi connectivity index (χ4v) is 5.43. The van der Waals surface area contributed by atoms with Gasteiger partial charge in [-0.1, -0.05) is 41.7 Å². The van der Waals surface area contributed by atoms with Gasteiger partial charge in [0.2, 0.25) is 15.9 Å². The van der Waals surface area contributed by atoms with Gasteiger partial charge in [-0.15, -0.1) is 0 Å². The van der Waals surface area contributed by atoms with Crippen molar-refractivity contribution in [1.29, 1.82) is 0 Å². The number of nitrogens with zero attached hydrogens (tertiary/aromatic N) is 3. The van der Waals surface area contributed by atoms with Crippen molar-refractivity contribution >= 4 is 38.4 Å². The van der Waals surface area contributed by atoms with Gasteiger partial charge in [-0.05, 0) is 32.3 Å². The summed E-state index contributed by atoms with van der Waals surface area (Å²) in [5.74, 6) is -1.12. The molecule has 0 N–H and O–H groups in total. The molecule has 0 radical (unpaired) electrons. The molecule has 3 rings (SSSR count). The van der Waals surface area contributed by atoms with Gasteiger partial charge in [-0.25, -0.2) is 22.5 Å². The highest BCUT2D eigenvalue weighted by Crippen LogP contribution is 2.31. The molecule has 10 heteroatoms. The zero-order valence-corrected chi connectivity index (χ0v) is 19.5. The summed E-state index contributed by atoms with van der Waals surface area (Å²) in [7, 11) is -3.37. The summed E-state index contributed by atoms with van der Waals surface area (Å²) in [6.07, 6.45) is 2.39. The van der Waals surface area contributed by atoms with Crippen LogP contribution in [0.4, 0.5) is 5.13 Å². The number of hydrogen-bond donors (Lipinski definition) is 0. The molecule has 1 amide bonds. The van der Waals surface area contributed by atoms with Crippen LogP contribution < -0.4 is 4.90 Å². The number of esters is 1. The van der Waals surface area contributed by atoms with Crippen molar-refractivity contribution in [2.24, 2.45) is 5.92 Å². The lowest BCUT2D eigenvalue weighted by atomic mass is 9.98. The molecule has 168 valence electrons. The van der Waals surface area contributed by atoms with Crippen molar-refractivity contribution in [3.05, 3.63) is 46.5 Å². The van der Waals surface area contributed by atoms with Gasteiger partial charge in [0.25, 0.3) is 0 Å². The molecule has 31 heavy (non-hydrogen) atoms. The van der Waals surface area contributed by atoms with Crippen molar-refractivity contribution < 1.29 is 22.7 Å². The normalized spacial score (nSPS) is 17.3. The summed E-state index contributed by atoms with van der Waals surface area (Å²) in [4.78, 5) is 32.2. The fraction of sp³-hybridized carbons (Fsp3) is 0.476. The van der Waals surface area contributed by atoms with Gasteiger partial charge in [0, 0.05) is 13.1 Å². The third kappa shape index (κ3) is 5.69. The van der Waals surface area contributed by atoms with E-state index in [2.05, 4.69) is 4.98 Å². The SMILES string of the molecule is CCOC(=O)c1sc(N(Cc2ccccc2)C(=O)C2CCCN(S(C)(=O)=O)C2)nc1C. The molecule has 8 nitrogen and oxygen atoms in total. The Balaban J connectivity index is 1.92. The van der Waals surface area contributed by atoms with E-state index in [0.29, 0.717) is 35.1 Å². The molecular weight excluding hydrogens is 438 g/mol. The number of sulfonamides is 1. The maximum absolute atomic E-state index is 13.5. The van der Waals surface area contributed by atoms with Gasteiger partial charge < -0.3 is 4.74 Å². The van der Waals surface area contributed by atoms with Crippen molar-refractivity contribution in [2.45, 2.75) is 33.2 Å². The van der Waals surface area contributed by atoms with Crippen molar-refractivity contribution in [2.75, 3.05) is 30.9 Å². The van der Waals surface area contributed by atoms with E-state index in [1.807, 2.05) is 30.3 Å². The maximum Gasteiger partial charge on any atom is 0.350 e. The predicted molar refractivity (Wildman–Crippen MR) is 120 cm³/mol. The third-order valence-electron chi connectivity index (χ3n) is 5.13. The Morgan fingerprint density at radius 1 is 1.29 bits per heavy atom. The van der Waals surface area contributed by atoms with E-state index >= 15 is 0 Å². The van der Waals surface area contributed by atoms with Crippen LogP contribution in [-0.4, -0.2) is 55.5 Å². The second kappa shape index (κ2) is 9.88. The summed E-state index contributed by atoms with van der Waals surface area (Å²) in [5, 5.41) is 0.408. The molecule has 1 saturated heterocycles. The first kappa shape index (κ1) is 23.4. The minimum absolute atomic E-state index is 0.151. The first-order chi connectivity index (χ1) is 14.7. The van der Waals surface area contributed by atoms with E-state index in [0.717, 1.165) is 23.2 Å². The van der Waals surface area contributed by atoms with E-state index < -0.39 is 21.9 Å². The van der Waals surface area contributed by atoms with Crippen LogP contribution in [0.15, 0.2) is 30.3 Å². The highest BCUT2D eigenvalue weighted by atomic mass is 32.2. The molecule has 1 atom stereocenters. The number of ether oxygens (including phenoxy) is 1. The summed E-state index contributed by atoms with van der Waals surface area (Å²) < 4.78 is 30.5. The standard InChI is InChI=1S/C21H27N3O5S2/c1-4-29-20(26)18-15(2)22-21(30-18)24(13-16-9-6-5-7-10-16)19(25)17-11-8-12-23(14-17)31(3,27)28/h5-7,9-10,17H,4,8,11-14H2,1-3H3. The number of carbonyl (C=O) groups excluding carboxylic acids is 2. The van der Waals surface area contributed by atoms with Gasteiger partial charge >= 0.3 is 5.97 Å². The molecule has 1 fully saturated rings. The Morgan fingerprint density at radius 3 is 2.65 bits per heavy atom. The van der Waals surface area contributed by atoms with Gasteiger partial charge in [0.15, 0.2) is 5.13 Å². The molecule has 0 bridgehead atoms. The Morgan fingerprint density at radius 2 is 2.00 bits per heavy atom. The number of piperidine rings is 1. The van der Waals surface area contributed by atoms with E-state index in [4.69, 9.17) is 4.74 Å². The van der Waals surface area contributed by atoms with Crippen molar-refractivity contribution in [3.8, 4) is 0 Å². The number of amides is 1. The second-order valence-electron chi connectivity index (χ2n) is 7.50. The highest BCUT2D eigenvalue weighted by molar-refractivity contribution is 7.88. The number of aryl methyl sites for hydroxylation is 1. The van der Waals surface area contributed by atoms with Crippen LogP contribution in [-0.2, 0) is 26.1 Å². The number of thiazole rings is 1. The van der Waals surface area contributed by atoms with Crippen LogP contribution in [0.5, 0.6) is 0 Å². The maximum atomic E-state index is 13.5. The summed E-state index contributed by atoms with van der Waals surface area (Å²) in [6.45, 7) is 4.55. The molecule has 0 spiro atoms. The Labute approximate surface area is 186 Å². The molecule has 1 aromatic heterocycles. The molecule has 0 aliphatic carbocycles. The zero-order valence-electron chi connectivity index (χ0n) is 17.9. The largest absolute Gasteiger partial charge is 0.462 e. The van der Waals surface area contributed by atoms with Crippen molar-refractivity contribution in [3.63, 3.8) is 0 Å². The number of rotatable bonds is 7. The number of benzene rings is 1. The minimum Gasteiger partial charge on any atom is -0.462 e. The quantitative estimate of drug-likeness (QED) is 0.584. The van der Waals surface area contributed by atoms with E-state index in [1.165, 1.54) is 4.31 Å². The zero-order chi connectivity index (χ0) is 22.6. The highest BCUT2D eigenvalue weighted by Gasteiger charge is 2.34. The lowest BCUT2D eigenvalue weighted by Crippen LogP contribution is -2.46. The summed E-state index contributed by atoms with van der Waals surface area (Å²) >= 11 is 1.12. The number of carbonyl (C=O) groups is 2. The summed E-state index contributed by atoms with van der Waals surface area (Å²) in [5.41, 5.74) is 1.42. The monoisotopic (exact) mass is 465 g/mol. The van der Waals surface area contributed by atoms with Crippen LogP contribution in [0.25, 0.3) is 0 Å². The smallest absolute Gasteiger partial charge is 0.350 e. The Bertz CT molecular complexity index is 1040. The molecule has 1 unspecified atom stereocenters. The topological polar surface area (TPSA) is 96.9 Å². The second-order valence-corrected chi connectivity index (χ2v) is 10.5. The first-order valence-electron chi connectivity index (χ1n) is 10.2. The molecule has 2 aromatic rings. The number of hydrogen-bond acceptors (Lipinski definition) is 7. The lowest BCUT2D eigenvalue weighted by molar-refractivity contribution is -0.123. The molecule has 0 saturated carbocycles. The van der Waals surface area contributed by atoms with E-state index in [-0.39, 0.29) is 25.6 Å². The predicted octanol–water partition coefficient (Wildman–Crippen LogP) is 2.83. The average molecular weight is 466 g/mol. The summed E-state index contributed by atoms with van der Waals surface area (Å²) in [6, 6.07) is 9.50. The number of anilines is 1. The average Bonchev–Trinajstić information content (AvgIpc) is 3.13. The van der Waals surface area contributed by atoms with Crippen LogP contribution >= 0.6 is 11.3 Å². The lowest BCUT2D eigenvalue weighted by Gasteiger charge is -2.33. The van der Waals surface area contributed by atoms with Crippen LogP contribution in [0.1, 0.15) is 40.7 Å². The van der Waals surface area contributed by atoms with E-state index in [1.54, 1.807) is 18.7 Å². The molecule has 2 heterocycles. The number of aromatic nitrogens is 1. The Hall–Kier alpha value is -2.30. The van der Waals surface area contributed by atoms with Crippen molar-refractivity contribution in [1.82, 2.24) is 9.29 Å². The third-order valence-corrected chi connectivity index (χ3v) is 7.56. The van der Waals surface area contributed by atoms with Gasteiger partial charge in [-0.2, -0.15) is 0 Å². The van der Waals surface area contributed by atoms with Crippen LogP contribution in [0.3, 0.4) is 0 Å². The van der Waals surface area contributed by atoms with Gasteiger partial charge in [0.1, 0.15) is 4.88 Å². The van der Waals surface area contributed by atoms with Gasteiger partial charge in [0.05, 0.1) is 31.0 Å². The fourth-order valence-electron chi connectivity index (χ4n) is 3.56. The van der Waals surface area contributed by atoms with Crippen LogP contribution in [0, 0.1) is 12.8 Å². The first-order valence-corrected chi connectivity index (χ1v) is 12.8. The van der Waals surface area contributed by atoms with E-state index in [9.17, 15) is 18.0 Å². The molecule has 1 aliphatic rings. The molecule has 1 aliphatic heterocycles.